The number of rotatable bonds is 8. The fourth-order valence-electron chi connectivity index (χ4n) is 3.28. The van der Waals surface area contributed by atoms with Crippen molar-refractivity contribution in [2.45, 2.75) is 31.4 Å². The van der Waals surface area contributed by atoms with Crippen LogP contribution in [-0.2, 0) is 28.7 Å². The van der Waals surface area contributed by atoms with Crippen LogP contribution >= 0.6 is 0 Å². The van der Waals surface area contributed by atoms with Gasteiger partial charge in [-0.2, -0.15) is 0 Å². The minimum Gasteiger partial charge on any atom is -0.501 e. The topological polar surface area (TPSA) is 103 Å². The molecular weight excluding hydrogens is 381 g/mol. The largest absolute Gasteiger partial charge is 0.501 e. The first-order valence-corrected chi connectivity index (χ1v) is 9.34. The normalized spacial score (nSPS) is 15.0. The smallest absolute Gasteiger partial charge is 0.296 e. The Labute approximate surface area is 167 Å². The highest BCUT2D eigenvalue weighted by molar-refractivity contribution is 5.94. The molecule has 1 aromatic heterocycles. The first kappa shape index (κ1) is 20.9. The Morgan fingerprint density at radius 1 is 1.31 bits per heavy atom. The number of halogens is 1. The van der Waals surface area contributed by atoms with Crippen molar-refractivity contribution in [3.05, 3.63) is 57.5 Å². The minimum absolute atomic E-state index is 0.0975. The Bertz CT molecular complexity index is 938. The molecule has 1 heterocycles. The standard InChI is InChI=1S/C20H24FN3O5/c1-24-18(27)16(25)15(17(26)22-12-13-4-6-14(21)7-5-13)23-19(24)20(8-3-9-20)29-11-10-28-2/h4-7,25H,3,8-12H2,1-2H3,(H,22,26). The Morgan fingerprint density at radius 3 is 2.59 bits per heavy atom. The Kier molecular flexibility index (Phi) is 6.29. The number of carbonyl (C=O) groups excluding carboxylic acids is 1. The molecule has 0 unspecified atom stereocenters. The average molecular weight is 405 g/mol. The highest BCUT2D eigenvalue weighted by Gasteiger charge is 2.44. The molecule has 1 aromatic carbocycles. The lowest BCUT2D eigenvalue weighted by molar-refractivity contribution is -0.125. The SMILES string of the molecule is COCCOC1(c2nc(C(=O)NCc3ccc(F)cc3)c(O)c(=O)n2C)CCC1. The molecule has 0 radical (unpaired) electrons. The van der Waals surface area contributed by atoms with Gasteiger partial charge in [-0.3, -0.25) is 14.2 Å². The molecule has 2 N–H and O–H groups in total. The highest BCUT2D eigenvalue weighted by atomic mass is 19.1. The number of carbonyl (C=O) groups is 1. The van der Waals surface area contributed by atoms with Crippen LogP contribution in [0.15, 0.2) is 29.1 Å². The Hall–Kier alpha value is -2.78. The summed E-state index contributed by atoms with van der Waals surface area (Å²) in [6, 6.07) is 5.63. The summed E-state index contributed by atoms with van der Waals surface area (Å²) >= 11 is 0. The van der Waals surface area contributed by atoms with Gasteiger partial charge in [0.15, 0.2) is 5.69 Å². The monoisotopic (exact) mass is 405 g/mol. The van der Waals surface area contributed by atoms with E-state index in [1.165, 1.54) is 35.9 Å². The molecule has 1 amide bonds. The van der Waals surface area contributed by atoms with Crippen molar-refractivity contribution >= 4 is 5.91 Å². The van der Waals surface area contributed by atoms with Crippen LogP contribution in [0.2, 0.25) is 0 Å². The van der Waals surface area contributed by atoms with Crippen molar-refractivity contribution in [1.82, 2.24) is 14.9 Å². The van der Waals surface area contributed by atoms with Crippen molar-refractivity contribution in [3.8, 4) is 5.75 Å². The maximum absolute atomic E-state index is 13.0. The van der Waals surface area contributed by atoms with Crippen LogP contribution in [0.3, 0.4) is 0 Å². The van der Waals surface area contributed by atoms with E-state index in [0.717, 1.165) is 6.42 Å². The second kappa shape index (κ2) is 8.71. The van der Waals surface area contributed by atoms with Gasteiger partial charge in [0.1, 0.15) is 17.2 Å². The molecule has 156 valence electrons. The van der Waals surface area contributed by atoms with Gasteiger partial charge in [0.25, 0.3) is 11.5 Å². The molecule has 29 heavy (non-hydrogen) atoms. The maximum atomic E-state index is 13.0. The highest BCUT2D eigenvalue weighted by Crippen LogP contribution is 2.43. The van der Waals surface area contributed by atoms with Gasteiger partial charge in [0.05, 0.1) is 13.2 Å². The molecule has 0 atom stereocenters. The number of hydrogen-bond acceptors (Lipinski definition) is 6. The molecule has 0 aliphatic heterocycles. The van der Waals surface area contributed by atoms with Crippen molar-refractivity contribution in [2.75, 3.05) is 20.3 Å². The third-order valence-electron chi connectivity index (χ3n) is 5.08. The van der Waals surface area contributed by atoms with E-state index < -0.39 is 22.8 Å². The Balaban J connectivity index is 1.86. The molecule has 0 saturated heterocycles. The molecular formula is C20H24FN3O5. The number of nitrogens with one attached hydrogen (secondary N) is 1. The van der Waals surface area contributed by atoms with Crippen molar-refractivity contribution in [2.24, 2.45) is 7.05 Å². The number of methoxy groups -OCH3 is 1. The number of ether oxygens (including phenoxy) is 2. The van der Waals surface area contributed by atoms with Crippen LogP contribution in [0.25, 0.3) is 0 Å². The van der Waals surface area contributed by atoms with Gasteiger partial charge in [-0.05, 0) is 37.0 Å². The van der Waals surface area contributed by atoms with E-state index in [1.807, 2.05) is 0 Å². The predicted octanol–water partition coefficient (Wildman–Crippen LogP) is 1.60. The van der Waals surface area contributed by atoms with Crippen LogP contribution in [0, 0.1) is 5.82 Å². The van der Waals surface area contributed by atoms with Gasteiger partial charge in [0, 0.05) is 20.7 Å². The summed E-state index contributed by atoms with van der Waals surface area (Å²) in [6.07, 6.45) is 2.20. The second-order valence-corrected chi connectivity index (χ2v) is 7.00. The van der Waals surface area contributed by atoms with Crippen molar-refractivity contribution in [3.63, 3.8) is 0 Å². The van der Waals surface area contributed by atoms with Crippen LogP contribution in [0.5, 0.6) is 5.75 Å². The van der Waals surface area contributed by atoms with Gasteiger partial charge in [0.2, 0.25) is 5.75 Å². The number of aromatic nitrogens is 2. The number of hydrogen-bond donors (Lipinski definition) is 2. The molecule has 2 aromatic rings. The van der Waals surface area contributed by atoms with E-state index in [-0.39, 0.29) is 18.1 Å². The summed E-state index contributed by atoms with van der Waals surface area (Å²) in [6.45, 7) is 0.804. The van der Waals surface area contributed by atoms with Crippen molar-refractivity contribution < 1.29 is 23.8 Å². The van der Waals surface area contributed by atoms with E-state index in [9.17, 15) is 19.1 Å². The van der Waals surface area contributed by atoms with Gasteiger partial charge < -0.3 is 19.9 Å². The summed E-state index contributed by atoms with van der Waals surface area (Å²) in [5, 5.41) is 12.8. The average Bonchev–Trinajstić information content (AvgIpc) is 2.68. The summed E-state index contributed by atoms with van der Waals surface area (Å²) in [5.41, 5.74) is -1.19. The van der Waals surface area contributed by atoms with Gasteiger partial charge in [-0.1, -0.05) is 12.1 Å². The quantitative estimate of drug-likeness (QED) is 0.647. The first-order chi connectivity index (χ1) is 13.9. The Morgan fingerprint density at radius 2 is 2.00 bits per heavy atom. The number of nitrogens with zero attached hydrogens (tertiary/aromatic N) is 2. The summed E-state index contributed by atoms with van der Waals surface area (Å²) in [5.74, 6) is -1.50. The number of aromatic hydroxyl groups is 1. The molecule has 1 aliphatic rings. The minimum atomic E-state index is -0.786. The van der Waals surface area contributed by atoms with E-state index >= 15 is 0 Å². The summed E-state index contributed by atoms with van der Waals surface area (Å²) < 4.78 is 25.2. The molecule has 0 bridgehead atoms. The van der Waals surface area contributed by atoms with Crippen molar-refractivity contribution in [1.29, 1.82) is 0 Å². The van der Waals surface area contributed by atoms with Crippen LogP contribution in [-0.4, -0.2) is 40.9 Å². The zero-order valence-corrected chi connectivity index (χ0v) is 16.4. The molecule has 1 saturated carbocycles. The lowest BCUT2D eigenvalue weighted by Gasteiger charge is -2.41. The van der Waals surface area contributed by atoms with E-state index in [2.05, 4.69) is 10.3 Å². The molecule has 0 spiro atoms. The molecule has 3 rings (SSSR count). The fraction of sp³-hybridized carbons (Fsp3) is 0.450. The van der Waals surface area contributed by atoms with Crippen LogP contribution in [0.4, 0.5) is 4.39 Å². The second-order valence-electron chi connectivity index (χ2n) is 7.00. The number of benzene rings is 1. The van der Waals surface area contributed by atoms with Crippen LogP contribution in [0.1, 0.15) is 41.1 Å². The maximum Gasteiger partial charge on any atom is 0.296 e. The predicted molar refractivity (Wildman–Crippen MR) is 102 cm³/mol. The van der Waals surface area contributed by atoms with E-state index in [1.54, 1.807) is 7.11 Å². The van der Waals surface area contributed by atoms with Gasteiger partial charge in [-0.15, -0.1) is 0 Å². The first-order valence-electron chi connectivity index (χ1n) is 9.34. The van der Waals surface area contributed by atoms with Crippen LogP contribution < -0.4 is 10.9 Å². The van der Waals surface area contributed by atoms with Gasteiger partial charge >= 0.3 is 0 Å². The lowest BCUT2D eigenvalue weighted by Crippen LogP contribution is -2.44. The van der Waals surface area contributed by atoms with Gasteiger partial charge in [-0.25, -0.2) is 9.37 Å². The molecule has 8 nitrogen and oxygen atoms in total. The summed E-state index contributed by atoms with van der Waals surface area (Å²) in [7, 11) is 3.05. The van der Waals surface area contributed by atoms with E-state index in [4.69, 9.17) is 9.47 Å². The lowest BCUT2D eigenvalue weighted by atomic mass is 9.79. The third kappa shape index (κ3) is 4.30. The van der Waals surface area contributed by atoms with E-state index in [0.29, 0.717) is 37.4 Å². The molecule has 1 fully saturated rings. The third-order valence-corrected chi connectivity index (χ3v) is 5.08. The fourth-order valence-corrected chi connectivity index (χ4v) is 3.28. The zero-order valence-electron chi connectivity index (χ0n) is 16.4. The molecule has 9 heteroatoms. The zero-order chi connectivity index (χ0) is 21.0. The number of amides is 1. The molecule has 1 aliphatic carbocycles. The summed E-state index contributed by atoms with van der Waals surface area (Å²) in [4.78, 5) is 29.4.